The lowest BCUT2D eigenvalue weighted by Gasteiger charge is -2.09. The minimum atomic E-state index is 0.570. The van der Waals surface area contributed by atoms with Crippen molar-refractivity contribution in [2.75, 3.05) is 11.1 Å². The number of nitrogens with zero attached hydrogens (tertiary/aromatic N) is 2. The molecule has 1 aromatic carbocycles. The van der Waals surface area contributed by atoms with Crippen molar-refractivity contribution >= 4 is 11.4 Å². The van der Waals surface area contributed by atoms with Gasteiger partial charge in [-0.15, -0.1) is 0 Å². The van der Waals surface area contributed by atoms with Gasteiger partial charge in [0, 0.05) is 12.1 Å². The number of aromatic nitrogens is 1. The third kappa shape index (κ3) is 2.28. The predicted octanol–water partition coefficient (Wildman–Crippen LogP) is 2.36. The molecule has 0 fully saturated rings. The molecule has 0 spiro atoms. The van der Waals surface area contributed by atoms with E-state index in [1.807, 2.05) is 13.8 Å². The monoisotopic (exact) mass is 242 g/mol. The normalized spacial score (nSPS) is 10.1. The molecule has 0 saturated heterocycles. The molecule has 0 amide bonds. The number of hydrogen-bond donors (Lipinski definition) is 2. The number of anilines is 2. The quantitative estimate of drug-likeness (QED) is 0.806. The lowest BCUT2D eigenvalue weighted by atomic mass is 10.1. The van der Waals surface area contributed by atoms with E-state index in [0.29, 0.717) is 17.8 Å². The summed E-state index contributed by atoms with van der Waals surface area (Å²) in [6.07, 6.45) is 0. The molecule has 0 aliphatic rings. The molecule has 2 rings (SSSR count). The molecule has 0 bridgehead atoms. The van der Waals surface area contributed by atoms with Gasteiger partial charge in [0.1, 0.15) is 5.76 Å². The van der Waals surface area contributed by atoms with Crippen molar-refractivity contribution in [1.82, 2.24) is 5.16 Å². The minimum Gasteiger partial charge on any atom is -0.397 e. The molecule has 92 valence electrons. The first kappa shape index (κ1) is 12.0. The van der Waals surface area contributed by atoms with Gasteiger partial charge in [-0.25, -0.2) is 0 Å². The maximum absolute atomic E-state index is 8.85. The van der Waals surface area contributed by atoms with Crippen LogP contribution in [0.5, 0.6) is 0 Å². The van der Waals surface area contributed by atoms with E-state index in [4.69, 9.17) is 15.5 Å². The van der Waals surface area contributed by atoms with Crippen LogP contribution in [0.4, 0.5) is 11.4 Å². The Labute approximate surface area is 105 Å². The van der Waals surface area contributed by atoms with E-state index in [1.165, 1.54) is 0 Å². The Balaban J connectivity index is 2.18. The maximum Gasteiger partial charge on any atom is 0.138 e. The van der Waals surface area contributed by atoms with E-state index in [9.17, 15) is 0 Å². The summed E-state index contributed by atoms with van der Waals surface area (Å²) in [6, 6.07) is 7.22. The van der Waals surface area contributed by atoms with Crippen LogP contribution in [0, 0.1) is 25.2 Å². The van der Waals surface area contributed by atoms with Gasteiger partial charge in [-0.05, 0) is 32.0 Å². The van der Waals surface area contributed by atoms with Crippen LogP contribution in [-0.4, -0.2) is 5.16 Å². The number of nitrogens with two attached hydrogens (primary N) is 1. The van der Waals surface area contributed by atoms with E-state index >= 15 is 0 Å². The molecule has 0 atom stereocenters. The summed E-state index contributed by atoms with van der Waals surface area (Å²) >= 11 is 0. The number of nitrogen functional groups attached to an aromatic ring is 1. The Morgan fingerprint density at radius 2 is 2.22 bits per heavy atom. The topological polar surface area (TPSA) is 87.9 Å². The summed E-state index contributed by atoms with van der Waals surface area (Å²) in [6.45, 7) is 4.33. The first-order valence-electron chi connectivity index (χ1n) is 5.57. The zero-order valence-corrected chi connectivity index (χ0v) is 10.3. The third-order valence-corrected chi connectivity index (χ3v) is 2.82. The molecule has 5 heteroatoms. The molecular weight excluding hydrogens is 228 g/mol. The van der Waals surface area contributed by atoms with Crippen molar-refractivity contribution in [3.8, 4) is 6.07 Å². The van der Waals surface area contributed by atoms with Gasteiger partial charge in [0.2, 0.25) is 0 Å². The van der Waals surface area contributed by atoms with Crippen molar-refractivity contribution in [3.63, 3.8) is 0 Å². The molecule has 1 heterocycles. The average Bonchev–Trinajstić information content (AvgIpc) is 2.68. The van der Waals surface area contributed by atoms with Crippen LogP contribution in [0.15, 0.2) is 22.7 Å². The fourth-order valence-electron chi connectivity index (χ4n) is 1.72. The predicted molar refractivity (Wildman–Crippen MR) is 68.9 cm³/mol. The van der Waals surface area contributed by atoms with Crippen molar-refractivity contribution < 1.29 is 4.52 Å². The highest BCUT2D eigenvalue weighted by Gasteiger charge is 2.09. The summed E-state index contributed by atoms with van der Waals surface area (Å²) in [7, 11) is 0. The van der Waals surface area contributed by atoms with Gasteiger partial charge in [0.05, 0.1) is 28.7 Å². The van der Waals surface area contributed by atoms with Gasteiger partial charge in [-0.1, -0.05) is 5.16 Å². The lowest BCUT2D eigenvalue weighted by molar-refractivity contribution is 0.392. The van der Waals surface area contributed by atoms with E-state index in [-0.39, 0.29) is 0 Å². The van der Waals surface area contributed by atoms with Crippen LogP contribution in [0.2, 0.25) is 0 Å². The largest absolute Gasteiger partial charge is 0.397 e. The second-order valence-corrected chi connectivity index (χ2v) is 4.07. The van der Waals surface area contributed by atoms with Crippen molar-refractivity contribution in [2.24, 2.45) is 0 Å². The van der Waals surface area contributed by atoms with E-state index < -0.39 is 0 Å². The first-order chi connectivity index (χ1) is 8.61. The second-order valence-electron chi connectivity index (χ2n) is 4.07. The third-order valence-electron chi connectivity index (χ3n) is 2.82. The molecule has 0 aliphatic carbocycles. The number of aryl methyl sites for hydroxylation is 2. The highest BCUT2D eigenvalue weighted by molar-refractivity contribution is 5.68. The van der Waals surface area contributed by atoms with Gasteiger partial charge >= 0.3 is 0 Å². The van der Waals surface area contributed by atoms with Gasteiger partial charge in [0.15, 0.2) is 0 Å². The number of hydrogen-bond acceptors (Lipinski definition) is 5. The highest BCUT2D eigenvalue weighted by Crippen LogP contribution is 2.21. The molecule has 5 nitrogen and oxygen atoms in total. The molecule has 3 N–H and O–H groups in total. The molecule has 0 unspecified atom stereocenters. The fraction of sp³-hybridized carbons (Fsp3) is 0.231. The van der Waals surface area contributed by atoms with E-state index in [0.717, 1.165) is 22.7 Å². The van der Waals surface area contributed by atoms with Gasteiger partial charge in [-0.2, -0.15) is 5.26 Å². The number of nitriles is 1. The number of benzene rings is 1. The van der Waals surface area contributed by atoms with Gasteiger partial charge in [-0.3, -0.25) is 0 Å². The second kappa shape index (κ2) is 4.80. The van der Waals surface area contributed by atoms with Crippen LogP contribution in [-0.2, 0) is 6.54 Å². The van der Waals surface area contributed by atoms with Crippen LogP contribution in [0.25, 0.3) is 0 Å². The van der Waals surface area contributed by atoms with E-state index in [2.05, 4.69) is 16.5 Å². The number of nitrogens with one attached hydrogen (secondary N) is 1. The summed E-state index contributed by atoms with van der Waals surface area (Å²) < 4.78 is 5.09. The minimum absolute atomic E-state index is 0.570. The fourth-order valence-corrected chi connectivity index (χ4v) is 1.72. The molecular formula is C13H14N4O. The standard InChI is InChI=1S/C13H14N4O/c1-8-11(9(2)18-17-8)7-16-13-5-10(6-14)3-4-12(13)15/h3-5,16H,7,15H2,1-2H3. The van der Waals surface area contributed by atoms with Crippen molar-refractivity contribution in [3.05, 3.63) is 40.8 Å². The zero-order chi connectivity index (χ0) is 13.1. The Morgan fingerprint density at radius 3 is 2.83 bits per heavy atom. The molecule has 0 saturated carbocycles. The van der Waals surface area contributed by atoms with Crippen molar-refractivity contribution in [1.29, 1.82) is 5.26 Å². The highest BCUT2D eigenvalue weighted by atomic mass is 16.5. The zero-order valence-electron chi connectivity index (χ0n) is 10.3. The molecule has 18 heavy (non-hydrogen) atoms. The molecule has 2 aromatic rings. The van der Waals surface area contributed by atoms with Gasteiger partial charge in [0.25, 0.3) is 0 Å². The van der Waals surface area contributed by atoms with Crippen LogP contribution >= 0.6 is 0 Å². The Morgan fingerprint density at radius 1 is 1.44 bits per heavy atom. The van der Waals surface area contributed by atoms with Crippen LogP contribution in [0.1, 0.15) is 22.6 Å². The number of rotatable bonds is 3. The molecule has 1 aromatic heterocycles. The van der Waals surface area contributed by atoms with Crippen LogP contribution < -0.4 is 11.1 Å². The Kier molecular flexibility index (Phi) is 3.20. The van der Waals surface area contributed by atoms with E-state index in [1.54, 1.807) is 18.2 Å². The lowest BCUT2D eigenvalue weighted by Crippen LogP contribution is -2.04. The average molecular weight is 242 g/mol. The maximum atomic E-state index is 8.85. The summed E-state index contributed by atoms with van der Waals surface area (Å²) in [5.74, 6) is 0.787. The Hall–Kier alpha value is -2.48. The van der Waals surface area contributed by atoms with Gasteiger partial charge < -0.3 is 15.6 Å². The van der Waals surface area contributed by atoms with Crippen molar-refractivity contribution in [2.45, 2.75) is 20.4 Å². The summed E-state index contributed by atoms with van der Waals surface area (Å²) in [5.41, 5.74) is 9.65. The first-order valence-corrected chi connectivity index (χ1v) is 5.57. The van der Waals surface area contributed by atoms with Crippen LogP contribution in [0.3, 0.4) is 0 Å². The molecule has 0 aliphatic heterocycles. The summed E-state index contributed by atoms with van der Waals surface area (Å²) in [4.78, 5) is 0. The molecule has 0 radical (unpaired) electrons. The Bertz CT molecular complexity index is 590. The SMILES string of the molecule is Cc1noc(C)c1CNc1cc(C#N)ccc1N. The summed E-state index contributed by atoms with van der Waals surface area (Å²) in [5, 5.41) is 15.9. The smallest absolute Gasteiger partial charge is 0.138 e.